The average molecular weight is 449 g/mol. The van der Waals surface area contributed by atoms with Gasteiger partial charge >= 0.3 is 11.9 Å². The lowest BCUT2D eigenvalue weighted by molar-refractivity contribution is -0.271. The van der Waals surface area contributed by atoms with E-state index < -0.39 is 11.9 Å². The van der Waals surface area contributed by atoms with Gasteiger partial charge in [0, 0.05) is 6.08 Å². The van der Waals surface area contributed by atoms with E-state index in [2.05, 4.69) is 24.3 Å². The van der Waals surface area contributed by atoms with Crippen molar-refractivity contribution >= 4 is 12.0 Å². The number of ether oxygens (including phenoxy) is 3. The van der Waals surface area contributed by atoms with Crippen molar-refractivity contribution in [2.45, 2.75) is 19.3 Å². The normalized spacial score (nSPS) is 12.1. The summed E-state index contributed by atoms with van der Waals surface area (Å²) in [5, 5.41) is 0. The van der Waals surface area contributed by atoms with Crippen LogP contribution in [0.2, 0.25) is 0 Å². The van der Waals surface area contributed by atoms with E-state index in [1.165, 1.54) is 28.3 Å². The van der Waals surface area contributed by atoms with Crippen LogP contribution in [-0.4, -0.2) is 11.9 Å². The molecule has 4 nitrogen and oxygen atoms in total. The molecule has 0 aromatic heterocycles. The van der Waals surface area contributed by atoms with Crippen molar-refractivity contribution < 1.29 is 19.0 Å². The average Bonchev–Trinajstić information content (AvgIpc) is 3.23. The number of para-hydroxylation sites is 2. The fraction of sp³-hybridized carbons (Fsp3) is 0.100. The van der Waals surface area contributed by atoms with Crippen LogP contribution in [0, 0.1) is 0 Å². The number of carbonyl (C=O) groups is 1. The van der Waals surface area contributed by atoms with Crippen molar-refractivity contribution in [2.75, 3.05) is 0 Å². The van der Waals surface area contributed by atoms with Crippen molar-refractivity contribution in [2.24, 2.45) is 0 Å². The molecule has 5 rings (SSSR count). The monoisotopic (exact) mass is 448 g/mol. The number of rotatable bonds is 7. The fourth-order valence-corrected chi connectivity index (χ4v) is 4.18. The summed E-state index contributed by atoms with van der Waals surface area (Å²) in [7, 11) is 0. The van der Waals surface area contributed by atoms with Gasteiger partial charge in [0.1, 0.15) is 11.5 Å². The van der Waals surface area contributed by atoms with Crippen LogP contribution in [0.5, 0.6) is 11.5 Å². The Morgan fingerprint density at radius 2 is 1.32 bits per heavy atom. The molecule has 1 aliphatic rings. The molecular weight excluding hydrogens is 424 g/mol. The molecule has 4 aromatic rings. The van der Waals surface area contributed by atoms with E-state index in [1.807, 2.05) is 54.6 Å². The molecular formula is C30H24O4. The second kappa shape index (κ2) is 9.28. The lowest BCUT2D eigenvalue weighted by atomic mass is 10.0. The second-order valence-electron chi connectivity index (χ2n) is 8.15. The molecule has 0 spiro atoms. The Hall–Kier alpha value is -4.31. The van der Waals surface area contributed by atoms with Crippen LogP contribution in [0.1, 0.15) is 23.6 Å². The van der Waals surface area contributed by atoms with Gasteiger partial charge in [-0.25, -0.2) is 4.79 Å². The largest absolute Gasteiger partial charge is 0.421 e. The zero-order valence-electron chi connectivity index (χ0n) is 18.8. The highest BCUT2D eigenvalue weighted by Crippen LogP contribution is 2.38. The minimum absolute atomic E-state index is 0.524. The maximum absolute atomic E-state index is 12.9. The molecule has 0 heterocycles. The summed E-state index contributed by atoms with van der Waals surface area (Å²) in [6, 6.07) is 32.8. The van der Waals surface area contributed by atoms with E-state index in [0.29, 0.717) is 11.5 Å². The Morgan fingerprint density at radius 3 is 2.00 bits per heavy atom. The van der Waals surface area contributed by atoms with Crippen LogP contribution in [-0.2, 0) is 16.0 Å². The first-order valence-electron chi connectivity index (χ1n) is 11.2. The maximum atomic E-state index is 12.9. The molecule has 0 bridgehead atoms. The standard InChI is InChI=1S/C30H24O4/c1-30(32-24-13-4-2-5-14-24,33-25-15-6-3-7-16-25)34-29(31)20-19-22-12-10-18-27-26-17-9-8-11-23(26)21-28(22)27/h2-20H,21H2,1H3. The molecule has 0 unspecified atom stereocenters. The number of benzene rings is 4. The summed E-state index contributed by atoms with van der Waals surface area (Å²) >= 11 is 0. The fourth-order valence-electron chi connectivity index (χ4n) is 4.18. The van der Waals surface area contributed by atoms with Crippen LogP contribution >= 0.6 is 0 Å². The summed E-state index contributed by atoms with van der Waals surface area (Å²) < 4.78 is 17.6. The minimum atomic E-state index is -1.65. The first-order valence-corrected chi connectivity index (χ1v) is 11.2. The number of esters is 1. The second-order valence-corrected chi connectivity index (χ2v) is 8.15. The topological polar surface area (TPSA) is 44.8 Å². The van der Waals surface area contributed by atoms with E-state index in [9.17, 15) is 4.79 Å². The van der Waals surface area contributed by atoms with Gasteiger partial charge in [0.25, 0.3) is 0 Å². The molecule has 168 valence electrons. The third kappa shape index (κ3) is 4.71. The summed E-state index contributed by atoms with van der Waals surface area (Å²) in [6.07, 6.45) is 4.05. The first-order chi connectivity index (χ1) is 16.6. The molecule has 4 aromatic carbocycles. The van der Waals surface area contributed by atoms with Crippen molar-refractivity contribution in [3.8, 4) is 22.6 Å². The quantitative estimate of drug-likeness (QED) is 0.159. The molecule has 0 saturated carbocycles. The Labute approximate surface area is 199 Å². The molecule has 0 atom stereocenters. The summed E-state index contributed by atoms with van der Waals surface area (Å²) in [5.74, 6) is -1.17. The van der Waals surface area contributed by atoms with Gasteiger partial charge in [-0.1, -0.05) is 78.9 Å². The summed E-state index contributed by atoms with van der Waals surface area (Å²) in [5.41, 5.74) is 5.93. The van der Waals surface area contributed by atoms with Gasteiger partial charge in [0.15, 0.2) is 0 Å². The molecule has 0 N–H and O–H groups in total. The highest BCUT2D eigenvalue weighted by molar-refractivity contribution is 5.89. The third-order valence-corrected chi connectivity index (χ3v) is 5.66. The molecule has 0 saturated heterocycles. The molecule has 0 fully saturated rings. The van der Waals surface area contributed by atoms with Gasteiger partial charge in [0.05, 0.1) is 6.92 Å². The lowest BCUT2D eigenvalue weighted by Crippen LogP contribution is -2.43. The van der Waals surface area contributed by atoms with Crippen LogP contribution in [0.4, 0.5) is 0 Å². The summed E-state index contributed by atoms with van der Waals surface area (Å²) in [4.78, 5) is 12.9. The molecule has 0 amide bonds. The maximum Gasteiger partial charge on any atom is 0.416 e. The van der Waals surface area contributed by atoms with E-state index in [4.69, 9.17) is 14.2 Å². The van der Waals surface area contributed by atoms with Crippen molar-refractivity contribution in [1.82, 2.24) is 0 Å². The zero-order valence-corrected chi connectivity index (χ0v) is 18.8. The van der Waals surface area contributed by atoms with E-state index >= 15 is 0 Å². The van der Waals surface area contributed by atoms with Crippen molar-refractivity contribution in [3.63, 3.8) is 0 Å². The van der Waals surface area contributed by atoms with Crippen molar-refractivity contribution in [3.05, 3.63) is 126 Å². The predicted octanol–water partition coefficient (Wildman–Crippen LogP) is 6.65. The van der Waals surface area contributed by atoms with Gasteiger partial charge < -0.3 is 14.2 Å². The summed E-state index contributed by atoms with van der Waals surface area (Å²) in [6.45, 7) is 1.58. The number of hydrogen-bond acceptors (Lipinski definition) is 4. The third-order valence-electron chi connectivity index (χ3n) is 5.66. The number of fused-ring (bicyclic) bond motifs is 3. The zero-order chi connectivity index (χ0) is 23.4. The van der Waals surface area contributed by atoms with Crippen LogP contribution in [0.3, 0.4) is 0 Å². The van der Waals surface area contributed by atoms with Gasteiger partial charge in [-0.05, 0) is 64.6 Å². The highest BCUT2D eigenvalue weighted by atomic mass is 16.9. The van der Waals surface area contributed by atoms with E-state index in [-0.39, 0.29) is 0 Å². The highest BCUT2D eigenvalue weighted by Gasteiger charge is 2.34. The Morgan fingerprint density at radius 1 is 0.735 bits per heavy atom. The Bertz CT molecular complexity index is 1290. The minimum Gasteiger partial charge on any atom is -0.421 e. The van der Waals surface area contributed by atoms with Gasteiger partial charge in [-0.3, -0.25) is 0 Å². The molecule has 1 aliphatic carbocycles. The van der Waals surface area contributed by atoms with E-state index in [0.717, 1.165) is 12.0 Å². The predicted molar refractivity (Wildman–Crippen MR) is 132 cm³/mol. The van der Waals surface area contributed by atoms with Gasteiger partial charge in [-0.2, -0.15) is 0 Å². The van der Waals surface area contributed by atoms with E-state index in [1.54, 1.807) is 37.3 Å². The molecule has 34 heavy (non-hydrogen) atoms. The van der Waals surface area contributed by atoms with Gasteiger partial charge in [-0.15, -0.1) is 0 Å². The molecule has 0 aliphatic heterocycles. The molecule has 4 heteroatoms. The van der Waals surface area contributed by atoms with Crippen LogP contribution in [0.25, 0.3) is 17.2 Å². The molecule has 0 radical (unpaired) electrons. The Kier molecular flexibility index (Phi) is 5.88. The number of hydrogen-bond donors (Lipinski definition) is 0. The smallest absolute Gasteiger partial charge is 0.416 e. The van der Waals surface area contributed by atoms with Gasteiger partial charge in [0.2, 0.25) is 0 Å². The SMILES string of the molecule is CC(OC(=O)C=Cc1cccc2c1Cc1ccccc1-2)(Oc1ccccc1)Oc1ccccc1. The van der Waals surface area contributed by atoms with Crippen molar-refractivity contribution in [1.29, 1.82) is 0 Å². The van der Waals surface area contributed by atoms with Crippen LogP contribution in [0.15, 0.2) is 109 Å². The van der Waals surface area contributed by atoms with Crippen LogP contribution < -0.4 is 9.47 Å². The Balaban J connectivity index is 1.36. The number of carbonyl (C=O) groups excluding carboxylic acids is 1. The lowest BCUT2D eigenvalue weighted by Gasteiger charge is -2.29. The first kappa shape index (κ1) is 21.5.